The number of aldehydes is 2. The lowest BCUT2D eigenvalue weighted by Crippen LogP contribution is -2.00. The lowest BCUT2D eigenvalue weighted by molar-refractivity contribution is -0.110. The first-order valence-electron chi connectivity index (χ1n) is 9.41. The molecule has 0 saturated heterocycles. The maximum atomic E-state index is 10.5. The Morgan fingerprint density at radius 1 is 1.00 bits per heavy atom. The Hall–Kier alpha value is -1.70. The van der Waals surface area contributed by atoms with Crippen molar-refractivity contribution in [2.45, 2.75) is 73.1 Å². The molecule has 0 heterocycles. The molecule has 1 rings (SSSR count). The summed E-state index contributed by atoms with van der Waals surface area (Å²) in [6.45, 7) is 12.6. The summed E-state index contributed by atoms with van der Waals surface area (Å²) in [5, 5.41) is 0. The van der Waals surface area contributed by atoms with Gasteiger partial charge in [0.25, 0.3) is 0 Å². The molecule has 2 nitrogen and oxygen atoms in total. The molecule has 0 aliphatic rings. The summed E-state index contributed by atoms with van der Waals surface area (Å²) in [6.07, 6.45) is 8.03. The molecule has 0 bridgehead atoms. The quantitative estimate of drug-likeness (QED) is 0.398. The topological polar surface area (TPSA) is 34.1 Å². The molecule has 0 aliphatic carbocycles. The maximum absolute atomic E-state index is 10.5. The number of rotatable bonds is 9. The van der Waals surface area contributed by atoms with Crippen LogP contribution >= 0.6 is 0 Å². The van der Waals surface area contributed by atoms with Crippen LogP contribution in [0.5, 0.6) is 0 Å². The minimum Gasteiger partial charge on any atom is -0.303 e. The normalized spacial score (nSPS) is 12.6. The summed E-state index contributed by atoms with van der Waals surface area (Å²) in [4.78, 5) is 20.6. The van der Waals surface area contributed by atoms with E-state index in [1.807, 2.05) is 6.92 Å². The van der Waals surface area contributed by atoms with Crippen LogP contribution in [-0.4, -0.2) is 12.6 Å². The SMILES string of the molecule is CC(C)=CCCC(C)CC=O.CC(C=O)Cc1ccc(C(C)C)cc1. The molecule has 25 heavy (non-hydrogen) atoms. The third kappa shape index (κ3) is 12.3. The highest BCUT2D eigenvalue weighted by Crippen LogP contribution is 2.16. The maximum Gasteiger partial charge on any atom is 0.123 e. The van der Waals surface area contributed by atoms with E-state index in [1.54, 1.807) is 0 Å². The van der Waals surface area contributed by atoms with E-state index in [4.69, 9.17) is 0 Å². The van der Waals surface area contributed by atoms with Gasteiger partial charge in [0.1, 0.15) is 12.6 Å². The van der Waals surface area contributed by atoms with Crippen LogP contribution in [-0.2, 0) is 16.0 Å². The number of carbonyl (C=O) groups is 2. The first-order valence-corrected chi connectivity index (χ1v) is 9.41. The molecule has 0 amide bonds. The molecule has 0 radical (unpaired) electrons. The Labute approximate surface area is 154 Å². The number of carbonyl (C=O) groups excluding carboxylic acids is 2. The molecule has 0 saturated carbocycles. The summed E-state index contributed by atoms with van der Waals surface area (Å²) in [7, 11) is 0. The monoisotopic (exact) mass is 344 g/mol. The highest BCUT2D eigenvalue weighted by molar-refractivity contribution is 5.53. The lowest BCUT2D eigenvalue weighted by atomic mass is 9.98. The molecular weight excluding hydrogens is 308 g/mol. The van der Waals surface area contributed by atoms with Gasteiger partial charge in [0.05, 0.1) is 0 Å². The predicted molar refractivity (Wildman–Crippen MR) is 108 cm³/mol. The van der Waals surface area contributed by atoms with Gasteiger partial charge in [-0.05, 0) is 56.1 Å². The number of benzene rings is 1. The van der Waals surface area contributed by atoms with Crippen molar-refractivity contribution in [1.29, 1.82) is 0 Å². The van der Waals surface area contributed by atoms with Crippen molar-refractivity contribution in [1.82, 2.24) is 0 Å². The Balaban J connectivity index is 0.000000477. The summed E-state index contributed by atoms with van der Waals surface area (Å²) in [5.74, 6) is 1.25. The van der Waals surface area contributed by atoms with Crippen LogP contribution in [0.2, 0.25) is 0 Å². The van der Waals surface area contributed by atoms with Crippen molar-refractivity contribution in [2.75, 3.05) is 0 Å². The molecule has 0 aliphatic heterocycles. The highest BCUT2D eigenvalue weighted by atomic mass is 16.1. The van der Waals surface area contributed by atoms with Gasteiger partial charge in [-0.25, -0.2) is 0 Å². The van der Waals surface area contributed by atoms with E-state index in [2.05, 4.69) is 65.0 Å². The second kappa shape index (κ2) is 13.6. The van der Waals surface area contributed by atoms with Crippen LogP contribution in [0.25, 0.3) is 0 Å². The van der Waals surface area contributed by atoms with Gasteiger partial charge in [-0.2, -0.15) is 0 Å². The van der Waals surface area contributed by atoms with Crippen molar-refractivity contribution in [3.63, 3.8) is 0 Å². The van der Waals surface area contributed by atoms with Gasteiger partial charge >= 0.3 is 0 Å². The molecule has 0 N–H and O–H groups in total. The van der Waals surface area contributed by atoms with E-state index >= 15 is 0 Å². The molecule has 2 atom stereocenters. The van der Waals surface area contributed by atoms with Crippen molar-refractivity contribution in [3.8, 4) is 0 Å². The van der Waals surface area contributed by atoms with Crippen molar-refractivity contribution in [2.24, 2.45) is 11.8 Å². The fourth-order valence-electron chi connectivity index (χ4n) is 2.40. The zero-order chi connectivity index (χ0) is 19.2. The average molecular weight is 345 g/mol. The van der Waals surface area contributed by atoms with Gasteiger partial charge in [0, 0.05) is 12.3 Å². The second-order valence-electron chi connectivity index (χ2n) is 7.58. The van der Waals surface area contributed by atoms with Crippen molar-refractivity contribution < 1.29 is 9.59 Å². The molecule has 2 heteroatoms. The number of hydrogen-bond donors (Lipinski definition) is 0. The first kappa shape index (κ1) is 23.3. The van der Waals surface area contributed by atoms with E-state index in [0.717, 1.165) is 31.8 Å². The predicted octanol–water partition coefficient (Wildman–Crippen LogP) is 6.15. The molecule has 1 aromatic carbocycles. The van der Waals surface area contributed by atoms with E-state index < -0.39 is 0 Å². The van der Waals surface area contributed by atoms with E-state index in [9.17, 15) is 9.59 Å². The van der Waals surface area contributed by atoms with Crippen LogP contribution < -0.4 is 0 Å². The Morgan fingerprint density at radius 3 is 2.04 bits per heavy atom. The largest absolute Gasteiger partial charge is 0.303 e. The smallest absolute Gasteiger partial charge is 0.123 e. The summed E-state index contributed by atoms with van der Waals surface area (Å²) >= 11 is 0. The molecule has 0 spiro atoms. The summed E-state index contributed by atoms with van der Waals surface area (Å²) < 4.78 is 0. The average Bonchev–Trinajstić information content (AvgIpc) is 2.55. The standard InChI is InChI=1S/C13H18O.C10H18O/c1-10(2)13-6-4-12(5-7-13)8-11(3)9-14;1-9(2)5-4-6-10(3)7-8-11/h4-7,9-11H,8H2,1-3H3;5,8,10H,4,6-7H2,1-3H3. The number of hydrogen-bond acceptors (Lipinski definition) is 2. The van der Waals surface area contributed by atoms with Crippen LogP contribution in [0.15, 0.2) is 35.9 Å². The highest BCUT2D eigenvalue weighted by Gasteiger charge is 2.03. The van der Waals surface area contributed by atoms with Gasteiger partial charge in [-0.3, -0.25) is 0 Å². The fourth-order valence-corrected chi connectivity index (χ4v) is 2.40. The number of allylic oxidation sites excluding steroid dienone is 2. The molecule has 0 fully saturated rings. The minimum atomic E-state index is 0.125. The van der Waals surface area contributed by atoms with Gasteiger partial charge in [0.15, 0.2) is 0 Å². The molecular formula is C23H36O2. The third-order valence-electron chi connectivity index (χ3n) is 4.15. The Kier molecular flexibility index (Phi) is 12.7. The second-order valence-corrected chi connectivity index (χ2v) is 7.58. The first-order chi connectivity index (χ1) is 11.8. The van der Waals surface area contributed by atoms with Gasteiger partial charge in [0.2, 0.25) is 0 Å². The zero-order valence-corrected chi connectivity index (χ0v) is 16.9. The molecule has 1 aromatic rings. The third-order valence-corrected chi connectivity index (χ3v) is 4.15. The minimum absolute atomic E-state index is 0.125. The van der Waals surface area contributed by atoms with Crippen molar-refractivity contribution >= 4 is 12.6 Å². The van der Waals surface area contributed by atoms with Gasteiger partial charge in [-0.1, -0.05) is 63.6 Å². The summed E-state index contributed by atoms with van der Waals surface area (Å²) in [5.41, 5.74) is 3.96. The fraction of sp³-hybridized carbons (Fsp3) is 0.565. The van der Waals surface area contributed by atoms with E-state index in [-0.39, 0.29) is 5.92 Å². The summed E-state index contributed by atoms with van der Waals surface area (Å²) in [6, 6.07) is 8.54. The van der Waals surface area contributed by atoms with Gasteiger partial charge < -0.3 is 9.59 Å². The van der Waals surface area contributed by atoms with Gasteiger partial charge in [-0.15, -0.1) is 0 Å². The molecule has 140 valence electrons. The molecule has 2 unspecified atom stereocenters. The van der Waals surface area contributed by atoms with Crippen molar-refractivity contribution in [3.05, 3.63) is 47.0 Å². The molecule has 0 aromatic heterocycles. The van der Waals surface area contributed by atoms with Crippen LogP contribution in [0.4, 0.5) is 0 Å². The lowest BCUT2D eigenvalue weighted by Gasteiger charge is -2.07. The van der Waals surface area contributed by atoms with Crippen LogP contribution in [0, 0.1) is 11.8 Å². The Bertz CT molecular complexity index is 507. The van der Waals surface area contributed by atoms with Crippen LogP contribution in [0.3, 0.4) is 0 Å². The van der Waals surface area contributed by atoms with Crippen LogP contribution in [0.1, 0.15) is 77.8 Å². The Morgan fingerprint density at radius 2 is 1.60 bits per heavy atom. The van der Waals surface area contributed by atoms with E-state index in [0.29, 0.717) is 18.3 Å². The zero-order valence-electron chi connectivity index (χ0n) is 16.9. The van der Waals surface area contributed by atoms with E-state index in [1.165, 1.54) is 16.7 Å².